The lowest BCUT2D eigenvalue weighted by atomic mass is 10.3. The van der Waals surface area contributed by atoms with Gasteiger partial charge in [0, 0.05) is 25.9 Å². The number of pyridine rings is 1. The van der Waals surface area contributed by atoms with Crippen molar-refractivity contribution in [2.75, 3.05) is 38.0 Å². The van der Waals surface area contributed by atoms with Crippen LogP contribution in [0.15, 0.2) is 12.1 Å². The SMILES string of the molecule is CNc1ccc(Cl)c(CN(C)CCSC)n1. The summed E-state index contributed by atoms with van der Waals surface area (Å²) in [5.41, 5.74) is 0.928. The van der Waals surface area contributed by atoms with Gasteiger partial charge in [0.15, 0.2) is 0 Å². The van der Waals surface area contributed by atoms with E-state index in [1.165, 1.54) is 0 Å². The maximum Gasteiger partial charge on any atom is 0.126 e. The summed E-state index contributed by atoms with van der Waals surface area (Å²) in [7, 11) is 3.94. The fourth-order valence-electron chi connectivity index (χ4n) is 1.32. The van der Waals surface area contributed by atoms with Crippen LogP contribution in [-0.4, -0.2) is 42.5 Å². The highest BCUT2D eigenvalue weighted by Crippen LogP contribution is 2.17. The number of aromatic nitrogens is 1. The Kier molecular flexibility index (Phi) is 5.95. The molecular weight excluding hydrogens is 242 g/mol. The van der Waals surface area contributed by atoms with Crippen molar-refractivity contribution in [3.63, 3.8) is 0 Å². The van der Waals surface area contributed by atoms with Gasteiger partial charge in [-0.1, -0.05) is 11.6 Å². The van der Waals surface area contributed by atoms with E-state index in [0.717, 1.165) is 35.4 Å². The molecule has 1 N–H and O–H groups in total. The molecule has 0 unspecified atom stereocenters. The molecule has 0 bridgehead atoms. The second-order valence-electron chi connectivity index (χ2n) is 3.61. The molecule has 0 aliphatic heterocycles. The van der Waals surface area contributed by atoms with Crippen LogP contribution in [0.3, 0.4) is 0 Å². The first-order valence-corrected chi connectivity index (χ1v) is 6.95. The summed E-state index contributed by atoms with van der Waals surface area (Å²) >= 11 is 7.95. The third kappa shape index (κ3) is 4.20. The quantitative estimate of drug-likeness (QED) is 0.850. The van der Waals surface area contributed by atoms with Crippen LogP contribution >= 0.6 is 23.4 Å². The van der Waals surface area contributed by atoms with E-state index in [9.17, 15) is 0 Å². The van der Waals surface area contributed by atoms with Gasteiger partial charge in [-0.15, -0.1) is 0 Å². The molecule has 0 aliphatic carbocycles. The number of nitrogens with zero attached hydrogens (tertiary/aromatic N) is 2. The van der Waals surface area contributed by atoms with Gasteiger partial charge in [0.25, 0.3) is 0 Å². The molecule has 0 spiro atoms. The zero-order chi connectivity index (χ0) is 12.0. The first-order valence-electron chi connectivity index (χ1n) is 5.18. The highest BCUT2D eigenvalue weighted by molar-refractivity contribution is 7.98. The van der Waals surface area contributed by atoms with Gasteiger partial charge in [0.2, 0.25) is 0 Å². The molecule has 0 aliphatic rings. The Morgan fingerprint density at radius 1 is 1.50 bits per heavy atom. The first-order chi connectivity index (χ1) is 7.67. The van der Waals surface area contributed by atoms with Crippen LogP contribution in [0.5, 0.6) is 0 Å². The molecule has 0 aromatic carbocycles. The Bertz CT molecular complexity index is 333. The van der Waals surface area contributed by atoms with E-state index < -0.39 is 0 Å². The Hall–Kier alpha value is -0.450. The summed E-state index contributed by atoms with van der Waals surface area (Å²) in [6.45, 7) is 1.83. The minimum atomic E-state index is 0.731. The van der Waals surface area contributed by atoms with Crippen molar-refractivity contribution < 1.29 is 0 Å². The van der Waals surface area contributed by atoms with Crippen molar-refractivity contribution in [1.82, 2.24) is 9.88 Å². The average Bonchev–Trinajstić information content (AvgIpc) is 2.29. The molecule has 1 heterocycles. The number of hydrogen-bond acceptors (Lipinski definition) is 4. The van der Waals surface area contributed by atoms with Gasteiger partial charge in [0.1, 0.15) is 5.82 Å². The summed E-state index contributed by atoms with van der Waals surface area (Å²) in [5.74, 6) is 1.98. The van der Waals surface area contributed by atoms with Crippen molar-refractivity contribution in [2.24, 2.45) is 0 Å². The zero-order valence-electron chi connectivity index (χ0n) is 9.96. The standard InChI is InChI=1S/C11H18ClN3S/c1-13-11-5-4-9(12)10(14-11)8-15(2)6-7-16-3/h4-5H,6-8H2,1-3H3,(H,13,14). The van der Waals surface area contributed by atoms with Gasteiger partial charge in [-0.25, -0.2) is 4.98 Å². The normalized spacial score (nSPS) is 10.8. The Labute approximate surface area is 107 Å². The molecule has 0 amide bonds. The van der Waals surface area contributed by atoms with E-state index in [1.54, 1.807) is 0 Å². The van der Waals surface area contributed by atoms with Crippen LogP contribution in [0, 0.1) is 0 Å². The number of halogens is 1. The van der Waals surface area contributed by atoms with E-state index in [0.29, 0.717) is 0 Å². The molecule has 90 valence electrons. The van der Waals surface area contributed by atoms with E-state index in [2.05, 4.69) is 28.5 Å². The molecule has 1 rings (SSSR count). The number of anilines is 1. The summed E-state index contributed by atoms with van der Waals surface area (Å²) in [5, 5.41) is 3.75. The highest BCUT2D eigenvalue weighted by atomic mass is 35.5. The van der Waals surface area contributed by atoms with Gasteiger partial charge in [-0.2, -0.15) is 11.8 Å². The monoisotopic (exact) mass is 259 g/mol. The first kappa shape index (κ1) is 13.6. The predicted octanol–water partition coefficient (Wildman–Crippen LogP) is 2.57. The molecule has 1 aromatic rings. The van der Waals surface area contributed by atoms with E-state index >= 15 is 0 Å². The van der Waals surface area contributed by atoms with E-state index in [1.807, 2.05) is 30.9 Å². The number of thioether (sulfide) groups is 1. The average molecular weight is 260 g/mol. The van der Waals surface area contributed by atoms with Crippen molar-refractivity contribution in [1.29, 1.82) is 0 Å². The Balaban J connectivity index is 2.64. The lowest BCUT2D eigenvalue weighted by Gasteiger charge is -2.16. The number of rotatable bonds is 6. The third-order valence-electron chi connectivity index (χ3n) is 2.27. The molecule has 0 saturated carbocycles. The molecule has 0 fully saturated rings. The van der Waals surface area contributed by atoms with Crippen molar-refractivity contribution >= 4 is 29.2 Å². The topological polar surface area (TPSA) is 28.2 Å². The summed E-state index contributed by atoms with van der Waals surface area (Å²) in [6.07, 6.45) is 2.11. The molecular formula is C11H18ClN3S. The lowest BCUT2D eigenvalue weighted by molar-refractivity contribution is 0.344. The number of nitrogens with one attached hydrogen (secondary N) is 1. The van der Waals surface area contributed by atoms with Crippen LogP contribution < -0.4 is 5.32 Å². The molecule has 0 saturated heterocycles. The zero-order valence-corrected chi connectivity index (χ0v) is 11.5. The maximum atomic E-state index is 6.11. The largest absolute Gasteiger partial charge is 0.373 e. The summed E-state index contributed by atoms with van der Waals surface area (Å²) in [6, 6.07) is 3.77. The molecule has 3 nitrogen and oxygen atoms in total. The van der Waals surface area contributed by atoms with E-state index in [-0.39, 0.29) is 0 Å². The van der Waals surface area contributed by atoms with E-state index in [4.69, 9.17) is 11.6 Å². The second-order valence-corrected chi connectivity index (χ2v) is 5.00. The fraction of sp³-hybridized carbons (Fsp3) is 0.545. The molecule has 16 heavy (non-hydrogen) atoms. The minimum absolute atomic E-state index is 0.731. The smallest absolute Gasteiger partial charge is 0.126 e. The van der Waals surface area contributed by atoms with Crippen LogP contribution in [0.4, 0.5) is 5.82 Å². The highest BCUT2D eigenvalue weighted by Gasteiger charge is 2.06. The van der Waals surface area contributed by atoms with Crippen molar-refractivity contribution in [3.05, 3.63) is 22.8 Å². The fourth-order valence-corrected chi connectivity index (χ4v) is 1.98. The molecule has 0 radical (unpaired) electrons. The lowest BCUT2D eigenvalue weighted by Crippen LogP contribution is -2.21. The molecule has 5 heteroatoms. The Morgan fingerprint density at radius 3 is 2.88 bits per heavy atom. The number of hydrogen-bond donors (Lipinski definition) is 1. The summed E-state index contributed by atoms with van der Waals surface area (Å²) < 4.78 is 0. The van der Waals surface area contributed by atoms with Crippen molar-refractivity contribution in [2.45, 2.75) is 6.54 Å². The van der Waals surface area contributed by atoms with Crippen LogP contribution in [0.1, 0.15) is 5.69 Å². The predicted molar refractivity (Wildman–Crippen MR) is 73.5 cm³/mol. The van der Waals surface area contributed by atoms with Gasteiger partial charge >= 0.3 is 0 Å². The second kappa shape index (κ2) is 6.99. The molecule has 1 aromatic heterocycles. The van der Waals surface area contributed by atoms with Crippen LogP contribution in [0.25, 0.3) is 0 Å². The van der Waals surface area contributed by atoms with Gasteiger partial charge in [0.05, 0.1) is 10.7 Å². The van der Waals surface area contributed by atoms with Gasteiger partial charge in [-0.05, 0) is 25.4 Å². The minimum Gasteiger partial charge on any atom is -0.373 e. The molecule has 0 atom stereocenters. The van der Waals surface area contributed by atoms with Gasteiger partial charge in [-0.3, -0.25) is 4.90 Å². The third-order valence-corrected chi connectivity index (χ3v) is 3.21. The van der Waals surface area contributed by atoms with Gasteiger partial charge < -0.3 is 5.32 Å². The summed E-state index contributed by atoms with van der Waals surface area (Å²) in [4.78, 5) is 6.67. The van der Waals surface area contributed by atoms with Crippen molar-refractivity contribution in [3.8, 4) is 0 Å². The van der Waals surface area contributed by atoms with Crippen LogP contribution in [0.2, 0.25) is 5.02 Å². The Morgan fingerprint density at radius 2 is 2.25 bits per heavy atom. The van der Waals surface area contributed by atoms with Crippen LogP contribution in [-0.2, 0) is 6.54 Å². The maximum absolute atomic E-state index is 6.11.